The summed E-state index contributed by atoms with van der Waals surface area (Å²) in [6, 6.07) is 4.69. The van der Waals surface area contributed by atoms with Crippen molar-refractivity contribution in [1.29, 1.82) is 0 Å². The number of benzene rings is 1. The molecule has 0 aliphatic carbocycles. The standard InChI is InChI=1S/C16H20FNO2/c1-16(2)5-7-18(8-6-16)14-10-12(3-4-15(19)20)9-13(17)11-14/h3-4,9-11H,5-8H2,1-2H3,(H,19,20)/b4-3+. The van der Waals surface area contributed by atoms with Crippen LogP contribution in [0.2, 0.25) is 0 Å². The summed E-state index contributed by atoms with van der Waals surface area (Å²) in [4.78, 5) is 12.7. The Hall–Kier alpha value is -1.84. The summed E-state index contributed by atoms with van der Waals surface area (Å²) >= 11 is 0. The molecule has 0 spiro atoms. The molecule has 1 fully saturated rings. The first-order valence-corrected chi connectivity index (χ1v) is 6.82. The molecule has 1 aliphatic rings. The predicted molar refractivity (Wildman–Crippen MR) is 78.3 cm³/mol. The maximum Gasteiger partial charge on any atom is 0.328 e. The number of rotatable bonds is 3. The number of piperidine rings is 1. The average molecular weight is 277 g/mol. The molecule has 1 aromatic rings. The van der Waals surface area contributed by atoms with Gasteiger partial charge in [-0.25, -0.2) is 9.18 Å². The van der Waals surface area contributed by atoms with Gasteiger partial charge in [0.25, 0.3) is 0 Å². The van der Waals surface area contributed by atoms with Crippen LogP contribution in [0.4, 0.5) is 10.1 Å². The summed E-state index contributed by atoms with van der Waals surface area (Å²) in [7, 11) is 0. The van der Waals surface area contributed by atoms with Crippen molar-refractivity contribution in [1.82, 2.24) is 0 Å². The van der Waals surface area contributed by atoms with E-state index in [1.54, 1.807) is 0 Å². The minimum absolute atomic E-state index is 0.336. The van der Waals surface area contributed by atoms with Gasteiger partial charge in [-0.05, 0) is 48.1 Å². The van der Waals surface area contributed by atoms with E-state index in [-0.39, 0.29) is 5.82 Å². The van der Waals surface area contributed by atoms with Crippen LogP contribution in [-0.2, 0) is 4.79 Å². The zero-order valence-corrected chi connectivity index (χ0v) is 11.9. The van der Waals surface area contributed by atoms with Gasteiger partial charge in [0.05, 0.1) is 0 Å². The van der Waals surface area contributed by atoms with Crippen LogP contribution in [0, 0.1) is 11.2 Å². The van der Waals surface area contributed by atoms with E-state index in [9.17, 15) is 9.18 Å². The summed E-state index contributed by atoms with van der Waals surface area (Å²) in [6.07, 6.45) is 4.59. The molecule has 0 saturated carbocycles. The lowest BCUT2D eigenvalue weighted by Crippen LogP contribution is -2.37. The van der Waals surface area contributed by atoms with Gasteiger partial charge in [-0.2, -0.15) is 0 Å². The Bertz CT molecular complexity index is 527. The van der Waals surface area contributed by atoms with Crippen molar-refractivity contribution in [3.63, 3.8) is 0 Å². The van der Waals surface area contributed by atoms with Crippen molar-refractivity contribution in [3.05, 3.63) is 35.7 Å². The molecule has 2 rings (SSSR count). The van der Waals surface area contributed by atoms with Crippen LogP contribution in [0.3, 0.4) is 0 Å². The lowest BCUT2D eigenvalue weighted by molar-refractivity contribution is -0.131. The molecule has 1 heterocycles. The number of aliphatic carboxylic acids is 1. The molecular formula is C16H20FNO2. The van der Waals surface area contributed by atoms with E-state index >= 15 is 0 Å². The minimum atomic E-state index is -1.03. The summed E-state index contributed by atoms with van der Waals surface area (Å²) in [6.45, 7) is 6.30. The maximum absolute atomic E-state index is 13.7. The van der Waals surface area contributed by atoms with Crippen molar-refractivity contribution in [2.75, 3.05) is 18.0 Å². The number of hydrogen-bond acceptors (Lipinski definition) is 2. The van der Waals surface area contributed by atoms with Crippen LogP contribution >= 0.6 is 0 Å². The fourth-order valence-electron chi connectivity index (χ4n) is 2.41. The first-order valence-electron chi connectivity index (χ1n) is 6.82. The van der Waals surface area contributed by atoms with Crippen molar-refractivity contribution < 1.29 is 14.3 Å². The highest BCUT2D eigenvalue weighted by Gasteiger charge is 2.25. The van der Waals surface area contributed by atoms with Gasteiger partial charge in [0.2, 0.25) is 0 Å². The molecular weight excluding hydrogens is 257 g/mol. The van der Waals surface area contributed by atoms with E-state index < -0.39 is 5.97 Å². The second kappa shape index (κ2) is 5.65. The molecule has 0 bridgehead atoms. The van der Waals surface area contributed by atoms with Gasteiger partial charge >= 0.3 is 5.97 Å². The molecule has 20 heavy (non-hydrogen) atoms. The molecule has 1 aliphatic heterocycles. The topological polar surface area (TPSA) is 40.5 Å². The Balaban J connectivity index is 2.18. The van der Waals surface area contributed by atoms with Crippen LogP contribution in [0.25, 0.3) is 6.08 Å². The van der Waals surface area contributed by atoms with E-state index in [2.05, 4.69) is 18.7 Å². The van der Waals surface area contributed by atoms with E-state index in [1.165, 1.54) is 18.2 Å². The Morgan fingerprint density at radius 3 is 2.55 bits per heavy atom. The zero-order valence-electron chi connectivity index (χ0n) is 11.9. The third kappa shape index (κ3) is 3.83. The van der Waals surface area contributed by atoms with Crippen LogP contribution < -0.4 is 4.90 Å². The van der Waals surface area contributed by atoms with Crippen LogP contribution in [0.1, 0.15) is 32.3 Å². The van der Waals surface area contributed by atoms with Crippen LogP contribution in [-0.4, -0.2) is 24.2 Å². The Morgan fingerprint density at radius 1 is 1.30 bits per heavy atom. The zero-order chi connectivity index (χ0) is 14.8. The lowest BCUT2D eigenvalue weighted by Gasteiger charge is -2.38. The van der Waals surface area contributed by atoms with Crippen LogP contribution in [0.5, 0.6) is 0 Å². The first-order chi connectivity index (χ1) is 9.35. The smallest absolute Gasteiger partial charge is 0.328 e. The maximum atomic E-state index is 13.7. The Morgan fingerprint density at radius 2 is 1.95 bits per heavy atom. The van der Waals surface area contributed by atoms with Gasteiger partial charge in [0.15, 0.2) is 0 Å². The fraction of sp³-hybridized carbons (Fsp3) is 0.438. The summed E-state index contributed by atoms with van der Waals surface area (Å²) in [5.74, 6) is -1.37. The SMILES string of the molecule is CC1(C)CCN(c2cc(F)cc(/C=C/C(=O)O)c2)CC1. The first kappa shape index (κ1) is 14.6. The number of nitrogens with zero attached hydrogens (tertiary/aromatic N) is 1. The number of anilines is 1. The van der Waals surface area contributed by atoms with Gasteiger partial charge in [-0.3, -0.25) is 0 Å². The second-order valence-corrected chi connectivity index (χ2v) is 6.07. The third-order valence-electron chi connectivity index (χ3n) is 3.81. The largest absolute Gasteiger partial charge is 0.478 e. The molecule has 0 amide bonds. The fourth-order valence-corrected chi connectivity index (χ4v) is 2.41. The quantitative estimate of drug-likeness (QED) is 0.859. The normalized spacial score (nSPS) is 18.4. The van der Waals surface area contributed by atoms with E-state index in [1.807, 2.05) is 6.07 Å². The lowest BCUT2D eigenvalue weighted by atomic mass is 9.82. The molecule has 0 aromatic heterocycles. The predicted octanol–water partition coefficient (Wildman–Crippen LogP) is 3.55. The van der Waals surface area contributed by atoms with Crippen molar-refractivity contribution in [2.45, 2.75) is 26.7 Å². The van der Waals surface area contributed by atoms with E-state index in [0.29, 0.717) is 11.0 Å². The van der Waals surface area contributed by atoms with Crippen molar-refractivity contribution in [3.8, 4) is 0 Å². The third-order valence-corrected chi connectivity index (χ3v) is 3.81. The molecule has 108 valence electrons. The number of hydrogen-bond donors (Lipinski definition) is 1. The second-order valence-electron chi connectivity index (χ2n) is 6.07. The molecule has 3 nitrogen and oxygen atoms in total. The number of carboxylic acid groups (broad SMARTS) is 1. The molecule has 4 heteroatoms. The molecule has 0 radical (unpaired) electrons. The monoisotopic (exact) mass is 277 g/mol. The summed E-state index contributed by atoms with van der Waals surface area (Å²) in [5, 5.41) is 8.63. The van der Waals surface area contributed by atoms with Gasteiger partial charge in [-0.1, -0.05) is 13.8 Å². The highest BCUT2D eigenvalue weighted by Crippen LogP contribution is 2.32. The van der Waals surface area contributed by atoms with E-state index in [4.69, 9.17) is 5.11 Å². The van der Waals surface area contributed by atoms with Gasteiger partial charge in [0, 0.05) is 24.9 Å². The number of carbonyl (C=O) groups is 1. The van der Waals surface area contributed by atoms with Crippen LogP contribution in [0.15, 0.2) is 24.3 Å². The van der Waals surface area contributed by atoms with Gasteiger partial charge in [-0.15, -0.1) is 0 Å². The minimum Gasteiger partial charge on any atom is -0.478 e. The molecule has 0 atom stereocenters. The van der Waals surface area contributed by atoms with E-state index in [0.717, 1.165) is 37.7 Å². The average Bonchev–Trinajstić information content (AvgIpc) is 2.35. The molecule has 1 saturated heterocycles. The number of halogens is 1. The molecule has 1 N–H and O–H groups in total. The van der Waals surface area contributed by atoms with Gasteiger partial charge < -0.3 is 10.0 Å². The van der Waals surface area contributed by atoms with Crippen molar-refractivity contribution in [2.24, 2.45) is 5.41 Å². The summed E-state index contributed by atoms with van der Waals surface area (Å²) < 4.78 is 13.7. The summed E-state index contributed by atoms with van der Waals surface area (Å²) in [5.41, 5.74) is 1.74. The molecule has 0 unspecified atom stereocenters. The van der Waals surface area contributed by atoms with Crippen molar-refractivity contribution >= 4 is 17.7 Å². The van der Waals surface area contributed by atoms with Gasteiger partial charge in [0.1, 0.15) is 5.82 Å². The Labute approximate surface area is 118 Å². The number of carboxylic acids is 1. The highest BCUT2D eigenvalue weighted by molar-refractivity contribution is 5.85. The highest BCUT2D eigenvalue weighted by atomic mass is 19.1. The molecule has 1 aromatic carbocycles. The Kier molecular flexibility index (Phi) is 4.12.